The van der Waals surface area contributed by atoms with Crippen molar-refractivity contribution in [2.24, 2.45) is 0 Å². The van der Waals surface area contributed by atoms with E-state index in [0.717, 1.165) is 30.8 Å². The summed E-state index contributed by atoms with van der Waals surface area (Å²) in [6.07, 6.45) is 2.25. The van der Waals surface area contributed by atoms with E-state index < -0.39 is 0 Å². The molecule has 0 aliphatic carbocycles. The molecule has 1 saturated heterocycles. The smallest absolute Gasteiger partial charge is 0.253 e. The lowest BCUT2D eigenvalue weighted by atomic mass is 10.1. The maximum Gasteiger partial charge on any atom is 0.253 e. The highest BCUT2D eigenvalue weighted by molar-refractivity contribution is 6.00. The number of carbonyl (C=O) groups excluding carboxylic acids is 1. The van der Waals surface area contributed by atoms with Crippen LogP contribution in [-0.2, 0) is 4.74 Å². The van der Waals surface area contributed by atoms with Gasteiger partial charge in [0.2, 0.25) is 0 Å². The second-order valence-corrected chi connectivity index (χ2v) is 5.38. The molecule has 0 saturated carbocycles. The predicted molar refractivity (Wildman–Crippen MR) is 87.5 cm³/mol. The van der Waals surface area contributed by atoms with E-state index in [2.05, 4.69) is 10.6 Å². The second-order valence-electron chi connectivity index (χ2n) is 5.38. The van der Waals surface area contributed by atoms with Gasteiger partial charge in [-0.1, -0.05) is 30.3 Å². The first-order chi connectivity index (χ1) is 10.8. The van der Waals surface area contributed by atoms with Gasteiger partial charge in [-0.15, -0.1) is 0 Å². The van der Waals surface area contributed by atoms with E-state index in [-0.39, 0.29) is 12.0 Å². The van der Waals surface area contributed by atoms with Crippen molar-refractivity contribution < 1.29 is 9.53 Å². The first kappa shape index (κ1) is 14.6. The van der Waals surface area contributed by atoms with Gasteiger partial charge in [0.25, 0.3) is 5.91 Å². The van der Waals surface area contributed by atoms with Crippen LogP contribution in [0.2, 0.25) is 0 Å². The molecule has 2 N–H and O–H groups in total. The van der Waals surface area contributed by atoms with Crippen LogP contribution in [0.1, 0.15) is 23.2 Å². The van der Waals surface area contributed by atoms with E-state index in [1.54, 1.807) is 0 Å². The summed E-state index contributed by atoms with van der Waals surface area (Å²) < 4.78 is 5.53. The van der Waals surface area contributed by atoms with Crippen molar-refractivity contribution in [1.29, 1.82) is 0 Å². The van der Waals surface area contributed by atoms with Gasteiger partial charge in [-0.05, 0) is 37.1 Å². The van der Waals surface area contributed by atoms with Crippen LogP contribution in [0.15, 0.2) is 54.6 Å². The van der Waals surface area contributed by atoms with E-state index in [9.17, 15) is 4.79 Å². The van der Waals surface area contributed by atoms with Gasteiger partial charge >= 0.3 is 0 Å². The Morgan fingerprint density at radius 3 is 2.64 bits per heavy atom. The molecule has 4 heteroatoms. The number of ether oxygens (including phenoxy) is 1. The summed E-state index contributed by atoms with van der Waals surface area (Å²) in [7, 11) is 0. The third-order valence-corrected chi connectivity index (χ3v) is 3.74. The first-order valence-corrected chi connectivity index (χ1v) is 7.64. The molecule has 2 aromatic carbocycles. The van der Waals surface area contributed by atoms with Gasteiger partial charge in [-0.3, -0.25) is 4.79 Å². The molecule has 2 aromatic rings. The highest BCUT2D eigenvalue weighted by atomic mass is 16.5. The summed E-state index contributed by atoms with van der Waals surface area (Å²) in [5.74, 6) is -0.0745. The van der Waals surface area contributed by atoms with Crippen molar-refractivity contribution >= 4 is 17.3 Å². The van der Waals surface area contributed by atoms with Crippen LogP contribution in [0.4, 0.5) is 11.4 Å². The standard InChI is InChI=1S/C18H20N2O2/c21-18(19-13-15-9-6-12-22-15)16-10-4-5-11-17(16)20-14-7-2-1-3-8-14/h1-5,7-8,10-11,15,20H,6,9,12-13H2,(H,19,21)/t15-/m1/s1. The second kappa shape index (κ2) is 7.09. The zero-order valence-corrected chi connectivity index (χ0v) is 12.4. The lowest BCUT2D eigenvalue weighted by Gasteiger charge is -2.14. The molecule has 1 amide bonds. The summed E-state index contributed by atoms with van der Waals surface area (Å²) in [6, 6.07) is 17.4. The molecule has 1 aliphatic rings. The van der Waals surface area contributed by atoms with Crippen LogP contribution in [-0.4, -0.2) is 25.2 Å². The molecular formula is C18H20N2O2. The van der Waals surface area contributed by atoms with Gasteiger partial charge in [0.15, 0.2) is 0 Å². The Kier molecular flexibility index (Phi) is 4.71. The van der Waals surface area contributed by atoms with E-state index >= 15 is 0 Å². The van der Waals surface area contributed by atoms with Gasteiger partial charge in [0.05, 0.1) is 17.4 Å². The Labute approximate surface area is 130 Å². The Balaban J connectivity index is 1.68. The van der Waals surface area contributed by atoms with Crippen LogP contribution in [0.5, 0.6) is 0 Å². The van der Waals surface area contributed by atoms with Crippen molar-refractivity contribution in [3.63, 3.8) is 0 Å². The normalized spacial score (nSPS) is 17.2. The lowest BCUT2D eigenvalue weighted by molar-refractivity contribution is 0.0858. The molecule has 22 heavy (non-hydrogen) atoms. The van der Waals surface area contributed by atoms with Crippen LogP contribution in [0.25, 0.3) is 0 Å². The molecule has 3 rings (SSSR count). The Morgan fingerprint density at radius 2 is 1.86 bits per heavy atom. The fraction of sp³-hybridized carbons (Fsp3) is 0.278. The van der Waals surface area contributed by atoms with E-state index in [4.69, 9.17) is 4.74 Å². The number of para-hydroxylation sites is 2. The van der Waals surface area contributed by atoms with Gasteiger partial charge in [-0.25, -0.2) is 0 Å². The van der Waals surface area contributed by atoms with Gasteiger partial charge in [-0.2, -0.15) is 0 Å². The van der Waals surface area contributed by atoms with Crippen molar-refractivity contribution in [3.8, 4) is 0 Å². The number of nitrogens with one attached hydrogen (secondary N) is 2. The van der Waals surface area contributed by atoms with Gasteiger partial charge in [0, 0.05) is 18.8 Å². The van der Waals surface area contributed by atoms with Crippen molar-refractivity contribution in [1.82, 2.24) is 5.32 Å². The van der Waals surface area contributed by atoms with E-state index in [0.29, 0.717) is 12.1 Å². The van der Waals surface area contributed by atoms with Crippen molar-refractivity contribution in [2.75, 3.05) is 18.5 Å². The Bertz CT molecular complexity index is 622. The summed E-state index contributed by atoms with van der Waals surface area (Å²) in [5.41, 5.74) is 2.41. The van der Waals surface area contributed by atoms with Crippen LogP contribution in [0, 0.1) is 0 Å². The number of benzene rings is 2. The van der Waals surface area contributed by atoms with Gasteiger partial charge in [0.1, 0.15) is 0 Å². The molecular weight excluding hydrogens is 276 g/mol. The van der Waals surface area contributed by atoms with Crippen molar-refractivity contribution in [2.45, 2.75) is 18.9 Å². The summed E-state index contributed by atoms with van der Waals surface area (Å²) in [5, 5.41) is 6.25. The Morgan fingerprint density at radius 1 is 1.09 bits per heavy atom. The SMILES string of the molecule is O=C(NC[C@H]1CCCO1)c1ccccc1Nc1ccccc1. The molecule has 0 bridgehead atoms. The van der Waals surface area contributed by atoms with Crippen LogP contribution in [0.3, 0.4) is 0 Å². The maximum absolute atomic E-state index is 12.4. The highest BCUT2D eigenvalue weighted by Gasteiger charge is 2.17. The monoisotopic (exact) mass is 296 g/mol. The van der Waals surface area contributed by atoms with E-state index in [1.807, 2.05) is 54.6 Å². The molecule has 1 heterocycles. The average molecular weight is 296 g/mol. The quantitative estimate of drug-likeness (QED) is 0.889. The number of hydrogen-bond donors (Lipinski definition) is 2. The van der Waals surface area contributed by atoms with Crippen LogP contribution < -0.4 is 10.6 Å². The third-order valence-electron chi connectivity index (χ3n) is 3.74. The van der Waals surface area contributed by atoms with Crippen molar-refractivity contribution in [3.05, 3.63) is 60.2 Å². The summed E-state index contributed by atoms with van der Waals surface area (Å²) in [6.45, 7) is 1.37. The molecule has 1 aliphatic heterocycles. The van der Waals surface area contributed by atoms with E-state index in [1.165, 1.54) is 0 Å². The summed E-state index contributed by atoms with van der Waals surface area (Å²) >= 11 is 0. The molecule has 1 fully saturated rings. The molecule has 0 unspecified atom stereocenters. The Hall–Kier alpha value is -2.33. The average Bonchev–Trinajstić information content (AvgIpc) is 3.08. The molecule has 114 valence electrons. The molecule has 0 spiro atoms. The fourth-order valence-corrected chi connectivity index (χ4v) is 2.57. The number of anilines is 2. The predicted octanol–water partition coefficient (Wildman–Crippen LogP) is 3.34. The molecule has 0 aromatic heterocycles. The largest absolute Gasteiger partial charge is 0.376 e. The zero-order chi connectivity index (χ0) is 15.2. The number of hydrogen-bond acceptors (Lipinski definition) is 3. The molecule has 0 radical (unpaired) electrons. The number of carbonyl (C=O) groups is 1. The minimum Gasteiger partial charge on any atom is -0.376 e. The topological polar surface area (TPSA) is 50.4 Å². The first-order valence-electron chi connectivity index (χ1n) is 7.64. The van der Waals surface area contributed by atoms with Gasteiger partial charge < -0.3 is 15.4 Å². The van der Waals surface area contributed by atoms with Crippen LogP contribution >= 0.6 is 0 Å². The minimum absolute atomic E-state index is 0.0745. The fourth-order valence-electron chi connectivity index (χ4n) is 2.57. The zero-order valence-electron chi connectivity index (χ0n) is 12.4. The summed E-state index contributed by atoms with van der Waals surface area (Å²) in [4.78, 5) is 12.4. The molecule has 1 atom stereocenters. The number of rotatable bonds is 5. The maximum atomic E-state index is 12.4. The highest BCUT2D eigenvalue weighted by Crippen LogP contribution is 2.20. The lowest BCUT2D eigenvalue weighted by Crippen LogP contribution is -2.32. The third kappa shape index (κ3) is 3.65. The minimum atomic E-state index is -0.0745. The number of amides is 1. The molecule has 4 nitrogen and oxygen atoms in total.